The Kier molecular flexibility index (Phi) is 9.60. The van der Waals surface area contributed by atoms with E-state index in [0.29, 0.717) is 12.5 Å². The van der Waals surface area contributed by atoms with Crippen molar-refractivity contribution in [2.24, 2.45) is 4.99 Å². The SMILES string of the molecule is CCNC(=NCc1ccsc1)NCC(=O)NC(C)(C)C.I. The van der Waals surface area contributed by atoms with Gasteiger partial charge in [-0.2, -0.15) is 11.3 Å². The summed E-state index contributed by atoms with van der Waals surface area (Å²) in [7, 11) is 0. The first kappa shape index (κ1) is 20.2. The Balaban J connectivity index is 0.00000400. The lowest BCUT2D eigenvalue weighted by Crippen LogP contribution is -2.48. The highest BCUT2D eigenvalue weighted by Gasteiger charge is 2.13. The van der Waals surface area contributed by atoms with Crippen molar-refractivity contribution >= 4 is 47.2 Å². The number of aliphatic imine (C=N–C) groups is 1. The second-order valence-corrected chi connectivity index (χ2v) is 6.26. The lowest BCUT2D eigenvalue weighted by Gasteiger charge is -2.21. The van der Waals surface area contributed by atoms with Gasteiger partial charge in [0.05, 0.1) is 13.1 Å². The number of thiophene rings is 1. The molecule has 0 spiro atoms. The summed E-state index contributed by atoms with van der Waals surface area (Å²) in [6, 6.07) is 2.05. The van der Waals surface area contributed by atoms with Crippen LogP contribution in [-0.4, -0.2) is 30.5 Å². The molecule has 120 valence electrons. The first-order chi connectivity index (χ1) is 9.40. The van der Waals surface area contributed by atoms with Crippen LogP contribution in [0.4, 0.5) is 0 Å². The lowest BCUT2D eigenvalue weighted by molar-refractivity contribution is -0.121. The largest absolute Gasteiger partial charge is 0.357 e. The van der Waals surface area contributed by atoms with Gasteiger partial charge >= 0.3 is 0 Å². The summed E-state index contributed by atoms with van der Waals surface area (Å²) < 4.78 is 0. The number of hydrogen-bond acceptors (Lipinski definition) is 3. The van der Waals surface area contributed by atoms with E-state index in [-0.39, 0.29) is 42.0 Å². The second-order valence-electron chi connectivity index (χ2n) is 5.48. The van der Waals surface area contributed by atoms with Crippen molar-refractivity contribution in [3.05, 3.63) is 22.4 Å². The predicted octanol–water partition coefficient (Wildman–Crippen LogP) is 2.34. The van der Waals surface area contributed by atoms with E-state index >= 15 is 0 Å². The maximum Gasteiger partial charge on any atom is 0.239 e. The summed E-state index contributed by atoms with van der Waals surface area (Å²) in [5.74, 6) is 0.612. The Bertz CT molecular complexity index is 440. The molecule has 0 unspecified atom stereocenters. The molecule has 21 heavy (non-hydrogen) atoms. The fourth-order valence-electron chi connectivity index (χ4n) is 1.52. The highest BCUT2D eigenvalue weighted by molar-refractivity contribution is 14.0. The van der Waals surface area contributed by atoms with Crippen LogP contribution < -0.4 is 16.0 Å². The van der Waals surface area contributed by atoms with Gasteiger partial charge in [-0.15, -0.1) is 24.0 Å². The molecule has 1 amide bonds. The third-order valence-electron chi connectivity index (χ3n) is 2.27. The van der Waals surface area contributed by atoms with Gasteiger partial charge in [0, 0.05) is 12.1 Å². The van der Waals surface area contributed by atoms with Gasteiger partial charge in [-0.3, -0.25) is 4.79 Å². The van der Waals surface area contributed by atoms with Gasteiger partial charge in [-0.1, -0.05) is 0 Å². The molecule has 1 aromatic heterocycles. The smallest absolute Gasteiger partial charge is 0.239 e. The normalized spacial score (nSPS) is 11.5. The number of halogens is 1. The second kappa shape index (κ2) is 9.99. The summed E-state index contributed by atoms with van der Waals surface area (Å²) in [5, 5.41) is 13.2. The molecule has 7 heteroatoms. The minimum absolute atomic E-state index is 0. The molecule has 0 fully saturated rings. The van der Waals surface area contributed by atoms with Gasteiger partial charge < -0.3 is 16.0 Å². The molecule has 0 aliphatic rings. The van der Waals surface area contributed by atoms with Crippen LogP contribution in [0.5, 0.6) is 0 Å². The third kappa shape index (κ3) is 9.67. The Labute approximate surface area is 148 Å². The Morgan fingerprint density at radius 2 is 2.05 bits per heavy atom. The number of nitrogens with one attached hydrogen (secondary N) is 3. The highest BCUT2D eigenvalue weighted by Crippen LogP contribution is 2.06. The van der Waals surface area contributed by atoms with E-state index in [2.05, 4.69) is 26.3 Å². The Hall–Kier alpha value is -0.830. The molecule has 1 rings (SSSR count). The molecule has 1 heterocycles. The number of rotatable bonds is 5. The van der Waals surface area contributed by atoms with Gasteiger partial charge in [0.15, 0.2) is 5.96 Å². The zero-order valence-corrected chi connectivity index (χ0v) is 16.2. The van der Waals surface area contributed by atoms with Crippen LogP contribution in [0.3, 0.4) is 0 Å². The van der Waals surface area contributed by atoms with Crippen molar-refractivity contribution in [2.75, 3.05) is 13.1 Å². The zero-order chi connectivity index (χ0) is 15.0. The maximum atomic E-state index is 11.7. The summed E-state index contributed by atoms with van der Waals surface area (Å²) in [6.45, 7) is 9.46. The van der Waals surface area contributed by atoms with Gasteiger partial charge in [0.25, 0.3) is 0 Å². The molecule has 5 nitrogen and oxygen atoms in total. The van der Waals surface area contributed by atoms with Crippen molar-refractivity contribution in [3.8, 4) is 0 Å². The van der Waals surface area contributed by atoms with Crippen molar-refractivity contribution in [1.82, 2.24) is 16.0 Å². The quantitative estimate of drug-likeness (QED) is 0.386. The highest BCUT2D eigenvalue weighted by atomic mass is 127. The van der Waals surface area contributed by atoms with Gasteiger partial charge in [-0.05, 0) is 50.1 Å². The minimum Gasteiger partial charge on any atom is -0.357 e. The van der Waals surface area contributed by atoms with E-state index in [1.54, 1.807) is 11.3 Å². The molecule has 0 aliphatic carbocycles. The van der Waals surface area contributed by atoms with Crippen LogP contribution >= 0.6 is 35.3 Å². The Morgan fingerprint density at radius 1 is 1.33 bits per heavy atom. The topological polar surface area (TPSA) is 65.5 Å². The summed E-state index contributed by atoms with van der Waals surface area (Å²) in [6.07, 6.45) is 0. The summed E-state index contributed by atoms with van der Waals surface area (Å²) in [5.41, 5.74) is 0.955. The molecule has 0 radical (unpaired) electrons. The molecule has 1 aromatic rings. The number of nitrogens with zero attached hydrogens (tertiary/aromatic N) is 1. The van der Waals surface area contributed by atoms with E-state index in [4.69, 9.17) is 0 Å². The van der Waals surface area contributed by atoms with E-state index < -0.39 is 0 Å². The third-order valence-corrected chi connectivity index (χ3v) is 3.01. The number of amides is 1. The molecule has 0 saturated carbocycles. The zero-order valence-electron chi connectivity index (χ0n) is 13.0. The first-order valence-corrected chi connectivity index (χ1v) is 7.69. The average molecular weight is 424 g/mol. The Morgan fingerprint density at radius 3 is 2.57 bits per heavy atom. The molecular formula is C14H25IN4OS. The van der Waals surface area contributed by atoms with Crippen LogP contribution in [-0.2, 0) is 11.3 Å². The van der Waals surface area contributed by atoms with Crippen molar-refractivity contribution in [1.29, 1.82) is 0 Å². The molecule has 0 aliphatic heterocycles. The van der Waals surface area contributed by atoms with Crippen LogP contribution in [0.2, 0.25) is 0 Å². The molecule has 0 atom stereocenters. The molecule has 0 aromatic carbocycles. The number of carbonyl (C=O) groups excluding carboxylic acids is 1. The fraction of sp³-hybridized carbons (Fsp3) is 0.571. The molecule has 0 bridgehead atoms. The lowest BCUT2D eigenvalue weighted by atomic mass is 10.1. The van der Waals surface area contributed by atoms with Gasteiger partial charge in [0.2, 0.25) is 5.91 Å². The standard InChI is InChI=1S/C14H24N4OS.HI/c1-5-15-13(16-8-11-6-7-20-10-11)17-9-12(19)18-14(2,3)4;/h6-7,10H,5,8-9H2,1-4H3,(H,18,19)(H2,15,16,17);1H. The average Bonchev–Trinajstić information content (AvgIpc) is 2.83. The number of hydrogen-bond donors (Lipinski definition) is 3. The first-order valence-electron chi connectivity index (χ1n) is 6.75. The van der Waals surface area contributed by atoms with Crippen molar-refractivity contribution in [2.45, 2.75) is 39.8 Å². The van der Waals surface area contributed by atoms with Gasteiger partial charge in [0.1, 0.15) is 0 Å². The van der Waals surface area contributed by atoms with Crippen LogP contribution in [0.1, 0.15) is 33.3 Å². The summed E-state index contributed by atoms with van der Waals surface area (Å²) in [4.78, 5) is 16.2. The predicted molar refractivity (Wildman–Crippen MR) is 100 cm³/mol. The molecular weight excluding hydrogens is 399 g/mol. The van der Waals surface area contributed by atoms with E-state index in [0.717, 1.165) is 6.54 Å². The van der Waals surface area contributed by atoms with E-state index in [9.17, 15) is 4.79 Å². The monoisotopic (exact) mass is 424 g/mol. The van der Waals surface area contributed by atoms with Crippen LogP contribution in [0.25, 0.3) is 0 Å². The fourth-order valence-corrected chi connectivity index (χ4v) is 2.18. The number of guanidine groups is 1. The summed E-state index contributed by atoms with van der Waals surface area (Å²) >= 11 is 1.66. The number of carbonyl (C=O) groups is 1. The van der Waals surface area contributed by atoms with Crippen LogP contribution in [0.15, 0.2) is 21.8 Å². The minimum atomic E-state index is -0.217. The van der Waals surface area contributed by atoms with E-state index in [1.807, 2.05) is 39.1 Å². The van der Waals surface area contributed by atoms with E-state index in [1.165, 1.54) is 5.56 Å². The maximum absolute atomic E-state index is 11.7. The molecule has 3 N–H and O–H groups in total. The van der Waals surface area contributed by atoms with Crippen molar-refractivity contribution < 1.29 is 4.79 Å². The molecule has 0 saturated heterocycles. The van der Waals surface area contributed by atoms with Gasteiger partial charge in [-0.25, -0.2) is 4.99 Å². The van der Waals surface area contributed by atoms with Crippen molar-refractivity contribution in [3.63, 3.8) is 0 Å². The van der Waals surface area contributed by atoms with Crippen LogP contribution in [0, 0.1) is 0 Å².